The second-order valence-electron chi connectivity index (χ2n) is 4.88. The van der Waals surface area contributed by atoms with Gasteiger partial charge in [0, 0.05) is 24.8 Å². The van der Waals surface area contributed by atoms with E-state index in [2.05, 4.69) is 10.6 Å². The molecule has 1 heterocycles. The minimum absolute atomic E-state index is 0. The molecule has 1 aromatic rings. The molecule has 0 bridgehead atoms. The quantitative estimate of drug-likeness (QED) is 0.849. The van der Waals surface area contributed by atoms with Gasteiger partial charge in [0.25, 0.3) is 0 Å². The number of ether oxygens (including phenoxy) is 1. The van der Waals surface area contributed by atoms with Gasteiger partial charge >= 0.3 is 0 Å². The molecule has 2 N–H and O–H groups in total. The number of hydrogen-bond acceptors (Lipinski definition) is 3. The van der Waals surface area contributed by atoms with E-state index >= 15 is 0 Å². The van der Waals surface area contributed by atoms with Crippen molar-refractivity contribution < 1.29 is 9.53 Å². The van der Waals surface area contributed by atoms with Crippen LogP contribution in [0.3, 0.4) is 0 Å². The number of anilines is 1. The summed E-state index contributed by atoms with van der Waals surface area (Å²) in [5.41, 5.74) is 1.93. The summed E-state index contributed by atoms with van der Waals surface area (Å²) >= 11 is 0. The molecule has 1 aromatic carbocycles. The van der Waals surface area contributed by atoms with E-state index in [4.69, 9.17) is 4.74 Å². The second kappa shape index (κ2) is 8.95. The highest BCUT2D eigenvalue weighted by Gasteiger charge is 2.17. The molecule has 0 aromatic heterocycles. The Hall–Kier alpha value is -1.10. The van der Waals surface area contributed by atoms with E-state index in [1.165, 1.54) is 6.42 Å². The van der Waals surface area contributed by atoms with Crippen LogP contribution in [0, 0.1) is 0 Å². The van der Waals surface area contributed by atoms with Crippen LogP contribution >= 0.6 is 12.4 Å². The third-order valence-electron chi connectivity index (χ3n) is 3.28. The Kier molecular flexibility index (Phi) is 7.59. The molecule has 2 rings (SSSR count). The number of benzene rings is 1. The lowest BCUT2D eigenvalue weighted by Gasteiger charge is -2.11. The summed E-state index contributed by atoms with van der Waals surface area (Å²) in [6.45, 7) is 4.29. The molecule has 1 saturated heterocycles. The number of rotatable bonds is 6. The van der Waals surface area contributed by atoms with Crippen LogP contribution in [0.1, 0.15) is 31.7 Å². The van der Waals surface area contributed by atoms with Gasteiger partial charge in [-0.25, -0.2) is 0 Å². The summed E-state index contributed by atoms with van der Waals surface area (Å²) < 4.78 is 5.36. The molecule has 1 fully saturated rings. The van der Waals surface area contributed by atoms with E-state index in [1.54, 1.807) is 0 Å². The minimum Gasteiger partial charge on any atom is -0.377 e. The highest BCUT2D eigenvalue weighted by molar-refractivity contribution is 5.91. The number of carbonyl (C=O) groups excluding carboxylic acids is 1. The maximum atomic E-state index is 11.9. The summed E-state index contributed by atoms with van der Waals surface area (Å²) in [7, 11) is 0. The number of halogens is 1. The van der Waals surface area contributed by atoms with Gasteiger partial charge in [0.05, 0.1) is 6.61 Å². The molecule has 1 amide bonds. The molecular weight excluding hydrogens is 276 g/mol. The second-order valence-corrected chi connectivity index (χ2v) is 4.88. The Bertz CT molecular complexity index is 420. The molecule has 0 radical (unpaired) electrons. The molecular formula is C15H23ClN2O2. The number of nitrogens with one attached hydrogen (secondary N) is 2. The molecule has 1 atom stereocenters. The van der Waals surface area contributed by atoms with Crippen LogP contribution in [0.4, 0.5) is 5.69 Å². The number of hydrogen-bond donors (Lipinski definition) is 2. The van der Waals surface area contributed by atoms with Gasteiger partial charge in [-0.2, -0.15) is 0 Å². The van der Waals surface area contributed by atoms with Gasteiger partial charge in [-0.1, -0.05) is 12.1 Å². The minimum atomic E-state index is 0. The molecule has 0 aliphatic carbocycles. The molecule has 20 heavy (non-hydrogen) atoms. The van der Waals surface area contributed by atoms with Gasteiger partial charge in [-0.15, -0.1) is 12.4 Å². The van der Waals surface area contributed by atoms with Gasteiger partial charge in [0.1, 0.15) is 0 Å². The normalized spacial score (nSPS) is 17.6. The fraction of sp³-hybridized carbons (Fsp3) is 0.533. The predicted molar refractivity (Wildman–Crippen MR) is 83.3 cm³/mol. The monoisotopic (exact) mass is 298 g/mol. The van der Waals surface area contributed by atoms with Crippen molar-refractivity contribution in [2.45, 2.75) is 38.8 Å². The van der Waals surface area contributed by atoms with Crippen LogP contribution in [0.2, 0.25) is 0 Å². The van der Waals surface area contributed by atoms with Gasteiger partial charge < -0.3 is 15.4 Å². The first-order chi connectivity index (χ1) is 9.28. The molecule has 5 heteroatoms. The zero-order chi connectivity index (χ0) is 13.5. The van der Waals surface area contributed by atoms with E-state index in [1.807, 2.05) is 31.2 Å². The van der Waals surface area contributed by atoms with Gasteiger partial charge in [-0.05, 0) is 44.0 Å². The fourth-order valence-electron chi connectivity index (χ4n) is 2.33. The Balaban J connectivity index is 0.00000200. The molecule has 1 aliphatic rings. The third kappa shape index (κ3) is 5.49. The van der Waals surface area contributed by atoms with Crippen LogP contribution in [-0.4, -0.2) is 25.1 Å². The van der Waals surface area contributed by atoms with Crippen LogP contribution < -0.4 is 10.6 Å². The maximum Gasteiger partial charge on any atom is 0.225 e. The molecule has 4 nitrogen and oxygen atoms in total. The lowest BCUT2D eigenvalue weighted by Crippen LogP contribution is -2.27. The van der Waals surface area contributed by atoms with Crippen LogP contribution in [0.25, 0.3) is 0 Å². The summed E-state index contributed by atoms with van der Waals surface area (Å²) in [6.07, 6.45) is 2.81. The first kappa shape index (κ1) is 17.0. The van der Waals surface area contributed by atoms with Crippen molar-refractivity contribution in [1.29, 1.82) is 0 Å². The topological polar surface area (TPSA) is 50.4 Å². The Morgan fingerprint density at radius 3 is 3.05 bits per heavy atom. The van der Waals surface area contributed by atoms with Gasteiger partial charge in [-0.3, -0.25) is 4.79 Å². The summed E-state index contributed by atoms with van der Waals surface area (Å²) in [4.78, 5) is 11.9. The largest absolute Gasteiger partial charge is 0.377 e. The first-order valence-electron chi connectivity index (χ1n) is 6.98. The number of amides is 1. The highest BCUT2D eigenvalue weighted by atomic mass is 35.5. The Morgan fingerprint density at radius 1 is 1.50 bits per heavy atom. The van der Waals surface area contributed by atoms with E-state index in [0.29, 0.717) is 25.7 Å². The summed E-state index contributed by atoms with van der Waals surface area (Å²) in [6, 6.07) is 8.17. The predicted octanol–water partition coefficient (Wildman–Crippen LogP) is 2.73. The van der Waals surface area contributed by atoms with E-state index < -0.39 is 0 Å². The van der Waals surface area contributed by atoms with Crippen molar-refractivity contribution >= 4 is 24.0 Å². The van der Waals surface area contributed by atoms with Crippen molar-refractivity contribution in [3.8, 4) is 0 Å². The smallest absolute Gasteiger partial charge is 0.225 e. The molecule has 0 saturated carbocycles. The molecule has 0 spiro atoms. The van der Waals surface area contributed by atoms with Crippen molar-refractivity contribution in [3.05, 3.63) is 29.8 Å². The lowest BCUT2D eigenvalue weighted by molar-refractivity contribution is -0.116. The van der Waals surface area contributed by atoms with Crippen molar-refractivity contribution in [2.75, 3.05) is 18.5 Å². The van der Waals surface area contributed by atoms with Crippen LogP contribution in [-0.2, 0) is 16.1 Å². The van der Waals surface area contributed by atoms with Crippen molar-refractivity contribution in [1.82, 2.24) is 5.32 Å². The highest BCUT2D eigenvalue weighted by Crippen LogP contribution is 2.14. The average Bonchev–Trinajstić information content (AvgIpc) is 2.89. The Morgan fingerprint density at radius 2 is 2.35 bits per heavy atom. The molecule has 112 valence electrons. The fourth-order valence-corrected chi connectivity index (χ4v) is 2.33. The average molecular weight is 299 g/mol. The SMILES string of the molecule is CCOCc1cccc(NC(=O)CC2CCCN2)c1.Cl. The van der Waals surface area contributed by atoms with Gasteiger partial charge in [0.2, 0.25) is 5.91 Å². The molecule has 1 unspecified atom stereocenters. The van der Waals surface area contributed by atoms with E-state index in [0.717, 1.165) is 24.2 Å². The van der Waals surface area contributed by atoms with Crippen molar-refractivity contribution in [3.63, 3.8) is 0 Å². The summed E-state index contributed by atoms with van der Waals surface area (Å²) in [5, 5.41) is 6.28. The van der Waals surface area contributed by atoms with E-state index in [-0.39, 0.29) is 18.3 Å². The zero-order valence-electron chi connectivity index (χ0n) is 11.9. The maximum absolute atomic E-state index is 11.9. The summed E-state index contributed by atoms with van der Waals surface area (Å²) in [5.74, 6) is 0.0768. The third-order valence-corrected chi connectivity index (χ3v) is 3.28. The standard InChI is InChI=1S/C15H22N2O2.ClH/c1-2-19-11-12-5-3-6-14(9-12)17-15(18)10-13-7-4-8-16-13;/h3,5-6,9,13,16H,2,4,7-8,10-11H2,1H3,(H,17,18);1H. The van der Waals surface area contributed by atoms with Crippen LogP contribution in [0.5, 0.6) is 0 Å². The Labute approximate surface area is 126 Å². The molecule has 1 aliphatic heterocycles. The van der Waals surface area contributed by atoms with Crippen LogP contribution in [0.15, 0.2) is 24.3 Å². The lowest BCUT2D eigenvalue weighted by atomic mass is 10.1. The van der Waals surface area contributed by atoms with Gasteiger partial charge in [0.15, 0.2) is 0 Å². The van der Waals surface area contributed by atoms with Crippen molar-refractivity contribution in [2.24, 2.45) is 0 Å². The first-order valence-corrected chi connectivity index (χ1v) is 6.98. The van der Waals surface area contributed by atoms with E-state index in [9.17, 15) is 4.79 Å². The number of carbonyl (C=O) groups is 1. The zero-order valence-corrected chi connectivity index (χ0v) is 12.7.